The molecule has 0 aliphatic carbocycles. The van der Waals surface area contributed by atoms with Crippen LogP contribution in [0.5, 0.6) is 5.88 Å². The van der Waals surface area contributed by atoms with E-state index < -0.39 is 5.60 Å². The lowest BCUT2D eigenvalue weighted by atomic mass is 9.92. The Morgan fingerprint density at radius 1 is 1.21 bits per heavy atom. The zero-order chi connectivity index (χ0) is 13.1. The fraction of sp³-hybridized carbons (Fsp3) is 0.385. The van der Waals surface area contributed by atoms with Gasteiger partial charge in [-0.05, 0) is 5.56 Å². The summed E-state index contributed by atoms with van der Waals surface area (Å²) in [5.74, 6) is -0.0301. The molecule has 19 heavy (non-hydrogen) atoms. The second-order valence-corrected chi connectivity index (χ2v) is 4.48. The molecule has 1 aliphatic rings. The highest BCUT2D eigenvalue weighted by molar-refractivity contribution is 5.25. The summed E-state index contributed by atoms with van der Waals surface area (Å²) in [6.45, 7) is 1.26. The maximum Gasteiger partial charge on any atom is 0.279 e. The fourth-order valence-electron chi connectivity index (χ4n) is 2.29. The van der Waals surface area contributed by atoms with Crippen molar-refractivity contribution in [3.8, 4) is 5.88 Å². The van der Waals surface area contributed by atoms with E-state index in [0.29, 0.717) is 26.2 Å². The second kappa shape index (κ2) is 4.99. The normalized spacial score (nSPS) is 23.4. The standard InChI is InChI=1S/C13H14N2O4/c16-12-11(19-15-14-12)13(9-17-6-7-18-13)8-10-4-2-1-3-5-10/h1-5,16H,6-9H2. The van der Waals surface area contributed by atoms with Crippen LogP contribution in [0.2, 0.25) is 0 Å². The molecule has 1 aromatic carbocycles. The highest BCUT2D eigenvalue weighted by Crippen LogP contribution is 2.36. The van der Waals surface area contributed by atoms with Gasteiger partial charge in [-0.2, -0.15) is 0 Å². The van der Waals surface area contributed by atoms with Gasteiger partial charge in [0.15, 0.2) is 5.60 Å². The van der Waals surface area contributed by atoms with Crippen LogP contribution in [0.1, 0.15) is 11.3 Å². The van der Waals surface area contributed by atoms with Crippen molar-refractivity contribution >= 4 is 0 Å². The van der Waals surface area contributed by atoms with E-state index in [-0.39, 0.29) is 11.6 Å². The lowest BCUT2D eigenvalue weighted by Gasteiger charge is -2.34. The topological polar surface area (TPSA) is 77.6 Å². The van der Waals surface area contributed by atoms with Crippen LogP contribution in [0.4, 0.5) is 0 Å². The highest BCUT2D eigenvalue weighted by atomic mass is 16.6. The van der Waals surface area contributed by atoms with Crippen LogP contribution in [0.15, 0.2) is 34.9 Å². The molecular formula is C13H14N2O4. The Hall–Kier alpha value is -1.92. The molecule has 0 bridgehead atoms. The van der Waals surface area contributed by atoms with Gasteiger partial charge in [0.05, 0.1) is 19.8 Å². The van der Waals surface area contributed by atoms with Crippen molar-refractivity contribution < 1.29 is 19.1 Å². The van der Waals surface area contributed by atoms with E-state index in [1.165, 1.54) is 0 Å². The Balaban J connectivity index is 1.95. The van der Waals surface area contributed by atoms with Crippen LogP contribution in [0, 0.1) is 0 Å². The highest BCUT2D eigenvalue weighted by Gasteiger charge is 2.43. The van der Waals surface area contributed by atoms with Gasteiger partial charge in [0.1, 0.15) is 0 Å². The molecular weight excluding hydrogens is 248 g/mol. The lowest BCUT2D eigenvalue weighted by Crippen LogP contribution is -2.42. The molecule has 1 aliphatic heterocycles. The molecule has 0 saturated carbocycles. The van der Waals surface area contributed by atoms with Gasteiger partial charge < -0.3 is 19.1 Å². The fourth-order valence-corrected chi connectivity index (χ4v) is 2.29. The summed E-state index contributed by atoms with van der Waals surface area (Å²) in [5, 5.41) is 16.6. The summed E-state index contributed by atoms with van der Waals surface area (Å²) in [5.41, 5.74) is 0.191. The lowest BCUT2D eigenvalue weighted by molar-refractivity contribution is -0.173. The Bertz CT molecular complexity index is 535. The molecule has 2 heterocycles. The molecule has 1 unspecified atom stereocenters. The third kappa shape index (κ3) is 2.32. The van der Waals surface area contributed by atoms with E-state index in [9.17, 15) is 5.11 Å². The van der Waals surface area contributed by atoms with Crippen LogP contribution in [-0.2, 0) is 21.5 Å². The quantitative estimate of drug-likeness (QED) is 0.897. The first-order valence-corrected chi connectivity index (χ1v) is 6.08. The van der Waals surface area contributed by atoms with Crippen LogP contribution >= 0.6 is 0 Å². The van der Waals surface area contributed by atoms with E-state index in [0.717, 1.165) is 5.56 Å². The Kier molecular flexibility index (Phi) is 3.18. The number of ether oxygens (including phenoxy) is 2. The summed E-state index contributed by atoms with van der Waals surface area (Å²) in [6.07, 6.45) is 0.526. The molecule has 6 nitrogen and oxygen atoms in total. The van der Waals surface area contributed by atoms with Crippen LogP contribution in [0.25, 0.3) is 0 Å². The van der Waals surface area contributed by atoms with Crippen molar-refractivity contribution in [3.05, 3.63) is 41.7 Å². The molecule has 2 aromatic rings. The van der Waals surface area contributed by atoms with Crippen molar-refractivity contribution in [2.24, 2.45) is 0 Å². The molecule has 0 radical (unpaired) electrons. The first-order chi connectivity index (χ1) is 9.30. The molecule has 1 fully saturated rings. The molecule has 1 aromatic heterocycles. The predicted octanol–water partition coefficient (Wildman–Crippen LogP) is 1.26. The van der Waals surface area contributed by atoms with Gasteiger partial charge in [-0.15, -0.1) is 0 Å². The Labute approximate surface area is 109 Å². The summed E-state index contributed by atoms with van der Waals surface area (Å²) < 4.78 is 16.4. The molecule has 6 heteroatoms. The third-order valence-corrected chi connectivity index (χ3v) is 3.16. The average Bonchev–Trinajstić information content (AvgIpc) is 2.88. The van der Waals surface area contributed by atoms with E-state index in [1.807, 2.05) is 30.3 Å². The van der Waals surface area contributed by atoms with Crippen molar-refractivity contribution in [1.82, 2.24) is 10.4 Å². The monoisotopic (exact) mass is 262 g/mol. The molecule has 100 valence electrons. The summed E-state index contributed by atoms with van der Waals surface area (Å²) in [7, 11) is 0. The molecule has 0 spiro atoms. The SMILES string of the molecule is Oc1nnoc1C1(Cc2ccccc2)COCCO1. The van der Waals surface area contributed by atoms with Gasteiger partial charge in [0, 0.05) is 11.7 Å². The summed E-state index contributed by atoms with van der Waals surface area (Å²) in [4.78, 5) is 0. The first kappa shape index (κ1) is 12.1. The number of nitrogens with zero attached hydrogens (tertiary/aromatic N) is 2. The van der Waals surface area contributed by atoms with E-state index in [2.05, 4.69) is 10.4 Å². The largest absolute Gasteiger partial charge is 0.490 e. The van der Waals surface area contributed by atoms with Gasteiger partial charge in [0.2, 0.25) is 5.76 Å². The van der Waals surface area contributed by atoms with Crippen LogP contribution in [0.3, 0.4) is 0 Å². The van der Waals surface area contributed by atoms with E-state index in [4.69, 9.17) is 14.0 Å². The molecule has 3 rings (SSSR count). The van der Waals surface area contributed by atoms with Crippen molar-refractivity contribution in [1.29, 1.82) is 0 Å². The maximum atomic E-state index is 9.74. The molecule has 1 saturated heterocycles. The Morgan fingerprint density at radius 3 is 2.68 bits per heavy atom. The van der Waals surface area contributed by atoms with Gasteiger partial charge in [-0.3, -0.25) is 0 Å². The van der Waals surface area contributed by atoms with Crippen molar-refractivity contribution in [2.45, 2.75) is 12.0 Å². The number of hydrogen-bond donors (Lipinski definition) is 1. The number of benzene rings is 1. The number of aromatic nitrogens is 2. The third-order valence-electron chi connectivity index (χ3n) is 3.16. The first-order valence-electron chi connectivity index (χ1n) is 6.08. The van der Waals surface area contributed by atoms with Gasteiger partial charge in [-0.1, -0.05) is 35.4 Å². The van der Waals surface area contributed by atoms with Crippen LogP contribution in [-0.4, -0.2) is 35.3 Å². The summed E-state index contributed by atoms with van der Waals surface area (Å²) in [6, 6.07) is 9.82. The van der Waals surface area contributed by atoms with Gasteiger partial charge in [-0.25, -0.2) is 0 Å². The summed E-state index contributed by atoms with van der Waals surface area (Å²) >= 11 is 0. The van der Waals surface area contributed by atoms with E-state index in [1.54, 1.807) is 0 Å². The zero-order valence-corrected chi connectivity index (χ0v) is 10.3. The second-order valence-electron chi connectivity index (χ2n) is 4.48. The Morgan fingerprint density at radius 2 is 2.05 bits per heavy atom. The number of aromatic hydroxyl groups is 1. The average molecular weight is 262 g/mol. The minimum Gasteiger partial charge on any atom is -0.490 e. The maximum absolute atomic E-state index is 9.74. The smallest absolute Gasteiger partial charge is 0.279 e. The number of rotatable bonds is 3. The molecule has 1 N–H and O–H groups in total. The minimum atomic E-state index is -0.868. The van der Waals surface area contributed by atoms with E-state index >= 15 is 0 Å². The minimum absolute atomic E-state index is 0.219. The van der Waals surface area contributed by atoms with Crippen molar-refractivity contribution in [2.75, 3.05) is 19.8 Å². The number of hydrogen-bond acceptors (Lipinski definition) is 6. The van der Waals surface area contributed by atoms with Crippen molar-refractivity contribution in [3.63, 3.8) is 0 Å². The van der Waals surface area contributed by atoms with Gasteiger partial charge in [0.25, 0.3) is 5.88 Å². The zero-order valence-electron chi connectivity index (χ0n) is 10.3. The molecule has 0 amide bonds. The van der Waals surface area contributed by atoms with Gasteiger partial charge >= 0.3 is 0 Å². The molecule has 1 atom stereocenters. The predicted molar refractivity (Wildman–Crippen MR) is 64.6 cm³/mol. The van der Waals surface area contributed by atoms with Crippen LogP contribution < -0.4 is 0 Å².